The van der Waals surface area contributed by atoms with Crippen LogP contribution in [0.4, 0.5) is 13.6 Å². The number of urea groups is 1. The van der Waals surface area contributed by atoms with Crippen LogP contribution < -0.4 is 10.6 Å². The highest BCUT2D eigenvalue weighted by Crippen LogP contribution is 2.19. The maximum Gasteiger partial charge on any atom is 0.315 e. The van der Waals surface area contributed by atoms with Crippen LogP contribution in [0.25, 0.3) is 0 Å². The Morgan fingerprint density at radius 2 is 1.96 bits per heavy atom. The van der Waals surface area contributed by atoms with Gasteiger partial charge in [0.15, 0.2) is 11.6 Å². The van der Waals surface area contributed by atoms with Gasteiger partial charge >= 0.3 is 6.03 Å². The molecule has 0 saturated carbocycles. The van der Waals surface area contributed by atoms with Crippen molar-refractivity contribution in [2.45, 2.75) is 39.7 Å². The minimum atomic E-state index is -0.946. The Hall–Kier alpha value is -1.69. The molecular formula is C17H26F2N2O2. The van der Waals surface area contributed by atoms with Crippen LogP contribution in [0.15, 0.2) is 18.2 Å². The van der Waals surface area contributed by atoms with Gasteiger partial charge in [0, 0.05) is 18.7 Å². The Kier molecular flexibility index (Phi) is 7.95. The summed E-state index contributed by atoms with van der Waals surface area (Å²) in [4.78, 5) is 11.9. The van der Waals surface area contributed by atoms with E-state index in [1.807, 2.05) is 0 Å². The lowest BCUT2D eigenvalue weighted by molar-refractivity contribution is 0.223. The summed E-state index contributed by atoms with van der Waals surface area (Å²) in [7, 11) is 0. The summed E-state index contributed by atoms with van der Waals surface area (Å²) < 4.78 is 26.9. The zero-order chi connectivity index (χ0) is 17.4. The standard InChI is InChI=1S/C17H26F2N2O2/c1-11(2)9-13(7-8-22)10-20-17(23)21-12(3)14-5-4-6-15(18)16(14)19/h4-6,11-13,22H,7-10H2,1-3H3,(H2,20,21,23). The maximum absolute atomic E-state index is 13.7. The van der Waals surface area contributed by atoms with Crippen LogP contribution in [0.5, 0.6) is 0 Å². The lowest BCUT2D eigenvalue weighted by atomic mass is 9.94. The van der Waals surface area contributed by atoms with Crippen molar-refractivity contribution in [3.05, 3.63) is 35.4 Å². The van der Waals surface area contributed by atoms with E-state index in [1.54, 1.807) is 6.92 Å². The minimum Gasteiger partial charge on any atom is -0.396 e. The lowest BCUT2D eigenvalue weighted by Crippen LogP contribution is -2.40. The van der Waals surface area contributed by atoms with Crippen molar-refractivity contribution in [3.8, 4) is 0 Å². The molecule has 23 heavy (non-hydrogen) atoms. The number of hydrogen-bond acceptors (Lipinski definition) is 2. The maximum atomic E-state index is 13.7. The van der Waals surface area contributed by atoms with Gasteiger partial charge in [0.2, 0.25) is 0 Å². The highest BCUT2D eigenvalue weighted by molar-refractivity contribution is 5.74. The van der Waals surface area contributed by atoms with E-state index < -0.39 is 23.7 Å². The second-order valence-electron chi connectivity index (χ2n) is 6.23. The molecule has 6 heteroatoms. The zero-order valence-electron chi connectivity index (χ0n) is 13.9. The molecule has 130 valence electrons. The summed E-state index contributed by atoms with van der Waals surface area (Å²) in [5.41, 5.74) is 0.106. The van der Waals surface area contributed by atoms with E-state index in [1.165, 1.54) is 12.1 Å². The van der Waals surface area contributed by atoms with E-state index in [0.29, 0.717) is 18.9 Å². The van der Waals surface area contributed by atoms with E-state index in [9.17, 15) is 13.6 Å². The van der Waals surface area contributed by atoms with E-state index in [0.717, 1.165) is 12.5 Å². The highest BCUT2D eigenvalue weighted by atomic mass is 19.2. The van der Waals surface area contributed by atoms with Crippen LogP contribution >= 0.6 is 0 Å². The van der Waals surface area contributed by atoms with Gasteiger partial charge in [0.05, 0.1) is 6.04 Å². The number of carbonyl (C=O) groups is 1. The fraction of sp³-hybridized carbons (Fsp3) is 0.588. The van der Waals surface area contributed by atoms with Crippen LogP contribution in [0, 0.1) is 23.5 Å². The van der Waals surface area contributed by atoms with Crippen molar-refractivity contribution < 1.29 is 18.7 Å². The third-order valence-corrected chi connectivity index (χ3v) is 3.69. The fourth-order valence-electron chi connectivity index (χ4n) is 2.57. The molecule has 0 fully saturated rings. The van der Waals surface area contributed by atoms with Crippen LogP contribution in [0.3, 0.4) is 0 Å². The number of halogens is 2. The Morgan fingerprint density at radius 1 is 1.26 bits per heavy atom. The Morgan fingerprint density at radius 3 is 2.57 bits per heavy atom. The van der Waals surface area contributed by atoms with Crippen molar-refractivity contribution in [1.82, 2.24) is 10.6 Å². The van der Waals surface area contributed by atoms with Crippen molar-refractivity contribution in [2.24, 2.45) is 11.8 Å². The summed E-state index contributed by atoms with van der Waals surface area (Å²) in [5, 5.41) is 14.4. The zero-order valence-corrected chi connectivity index (χ0v) is 13.9. The van der Waals surface area contributed by atoms with Gasteiger partial charge in [-0.15, -0.1) is 0 Å². The summed E-state index contributed by atoms with van der Waals surface area (Å²) in [6, 6.07) is 2.80. The topological polar surface area (TPSA) is 61.4 Å². The first-order valence-electron chi connectivity index (χ1n) is 7.94. The van der Waals surface area contributed by atoms with E-state index in [-0.39, 0.29) is 18.1 Å². The SMILES string of the molecule is CC(C)CC(CCO)CNC(=O)NC(C)c1cccc(F)c1F. The molecular weight excluding hydrogens is 302 g/mol. The molecule has 2 atom stereocenters. The first-order chi connectivity index (χ1) is 10.8. The van der Waals surface area contributed by atoms with Gasteiger partial charge in [-0.2, -0.15) is 0 Å². The summed E-state index contributed by atoms with van der Waals surface area (Å²) in [6.45, 7) is 6.27. The average molecular weight is 328 g/mol. The third-order valence-electron chi connectivity index (χ3n) is 3.69. The third kappa shape index (κ3) is 6.52. The molecule has 4 nitrogen and oxygen atoms in total. The van der Waals surface area contributed by atoms with Crippen molar-refractivity contribution in [3.63, 3.8) is 0 Å². The molecule has 2 unspecified atom stereocenters. The number of hydrogen-bond donors (Lipinski definition) is 3. The quantitative estimate of drug-likeness (QED) is 0.685. The Balaban J connectivity index is 2.53. The molecule has 0 aliphatic carbocycles. The number of carbonyl (C=O) groups excluding carboxylic acids is 1. The van der Waals surface area contributed by atoms with Gasteiger partial charge in [0.1, 0.15) is 0 Å². The van der Waals surface area contributed by atoms with Crippen molar-refractivity contribution >= 4 is 6.03 Å². The summed E-state index contributed by atoms with van der Waals surface area (Å²) >= 11 is 0. The molecule has 0 aromatic heterocycles. The highest BCUT2D eigenvalue weighted by Gasteiger charge is 2.17. The van der Waals surface area contributed by atoms with Gasteiger partial charge in [0.25, 0.3) is 0 Å². The Labute approximate surface area is 136 Å². The van der Waals surface area contributed by atoms with E-state index in [4.69, 9.17) is 5.11 Å². The molecule has 0 aliphatic rings. The van der Waals surface area contributed by atoms with Gasteiger partial charge < -0.3 is 15.7 Å². The van der Waals surface area contributed by atoms with Crippen LogP contribution in [-0.4, -0.2) is 24.3 Å². The lowest BCUT2D eigenvalue weighted by Gasteiger charge is -2.20. The smallest absolute Gasteiger partial charge is 0.315 e. The van der Waals surface area contributed by atoms with E-state index in [2.05, 4.69) is 24.5 Å². The second-order valence-corrected chi connectivity index (χ2v) is 6.23. The van der Waals surface area contributed by atoms with Gasteiger partial charge in [-0.25, -0.2) is 13.6 Å². The van der Waals surface area contributed by atoms with Crippen LogP contribution in [0.1, 0.15) is 45.2 Å². The molecule has 2 amide bonds. The average Bonchev–Trinajstić information content (AvgIpc) is 2.47. The molecule has 0 bridgehead atoms. The molecule has 0 aliphatic heterocycles. The van der Waals surface area contributed by atoms with Crippen LogP contribution in [-0.2, 0) is 0 Å². The molecule has 0 heterocycles. The van der Waals surface area contributed by atoms with Crippen molar-refractivity contribution in [2.75, 3.05) is 13.2 Å². The molecule has 0 spiro atoms. The number of aliphatic hydroxyl groups excluding tert-OH is 1. The van der Waals surface area contributed by atoms with Gasteiger partial charge in [-0.3, -0.25) is 0 Å². The number of benzene rings is 1. The fourth-order valence-corrected chi connectivity index (χ4v) is 2.57. The van der Waals surface area contributed by atoms with Gasteiger partial charge in [-0.05, 0) is 37.7 Å². The molecule has 1 aromatic rings. The first-order valence-corrected chi connectivity index (χ1v) is 7.94. The number of aliphatic hydroxyl groups is 1. The summed E-state index contributed by atoms with van der Waals surface area (Å²) in [6.07, 6.45) is 1.52. The first kappa shape index (κ1) is 19.4. The van der Waals surface area contributed by atoms with Crippen LogP contribution in [0.2, 0.25) is 0 Å². The minimum absolute atomic E-state index is 0.0750. The molecule has 0 radical (unpaired) electrons. The molecule has 3 N–H and O–H groups in total. The Bertz CT molecular complexity index is 509. The van der Waals surface area contributed by atoms with Crippen molar-refractivity contribution in [1.29, 1.82) is 0 Å². The predicted octanol–water partition coefficient (Wildman–Crippen LogP) is 3.37. The predicted molar refractivity (Wildman–Crippen MR) is 86.0 cm³/mol. The summed E-state index contributed by atoms with van der Waals surface area (Å²) in [5.74, 6) is -1.22. The molecule has 1 rings (SSSR count). The van der Waals surface area contributed by atoms with Gasteiger partial charge in [-0.1, -0.05) is 26.0 Å². The number of nitrogens with one attached hydrogen (secondary N) is 2. The second kappa shape index (κ2) is 9.45. The number of rotatable bonds is 8. The van der Waals surface area contributed by atoms with E-state index >= 15 is 0 Å². The molecule has 1 aromatic carbocycles. The largest absolute Gasteiger partial charge is 0.396 e. The number of amides is 2. The normalized spacial score (nSPS) is 13.7. The molecule has 0 saturated heterocycles. The monoisotopic (exact) mass is 328 g/mol.